The van der Waals surface area contributed by atoms with Crippen LogP contribution < -0.4 is 10.2 Å². The topological polar surface area (TPSA) is 69.7 Å². The van der Waals surface area contributed by atoms with E-state index in [-0.39, 0.29) is 23.0 Å². The van der Waals surface area contributed by atoms with Gasteiger partial charge in [-0.1, -0.05) is 43.7 Å². The van der Waals surface area contributed by atoms with Crippen LogP contribution >= 0.6 is 0 Å². The van der Waals surface area contributed by atoms with Crippen LogP contribution in [0.3, 0.4) is 0 Å². The summed E-state index contributed by atoms with van der Waals surface area (Å²) in [6, 6.07) is 18.8. The van der Waals surface area contributed by atoms with Gasteiger partial charge in [-0.2, -0.15) is 4.31 Å². The van der Waals surface area contributed by atoms with Gasteiger partial charge >= 0.3 is 0 Å². The van der Waals surface area contributed by atoms with E-state index in [1.54, 1.807) is 12.1 Å². The Labute approximate surface area is 212 Å². The van der Waals surface area contributed by atoms with Crippen LogP contribution in [0.4, 0.5) is 15.8 Å². The fraction of sp³-hybridized carbons (Fsp3) is 0.321. The molecule has 1 aliphatic rings. The summed E-state index contributed by atoms with van der Waals surface area (Å²) < 4.78 is 42.8. The normalized spacial score (nSPS) is 16.8. The first kappa shape index (κ1) is 25.9. The SMILES string of the molecule is Cc1ccc(N2CCN(S(=O)(=O)c3ccc(F)c(C(=O)Nc4ccc(C(C)C)cc4)c3)C[C@H]2C)cc1. The van der Waals surface area contributed by atoms with Crippen molar-refractivity contribution in [1.29, 1.82) is 0 Å². The van der Waals surface area contributed by atoms with Gasteiger partial charge in [0, 0.05) is 37.1 Å². The largest absolute Gasteiger partial charge is 0.366 e. The van der Waals surface area contributed by atoms with Gasteiger partial charge in [-0.3, -0.25) is 4.79 Å². The number of anilines is 2. The van der Waals surface area contributed by atoms with Gasteiger partial charge < -0.3 is 10.2 Å². The Morgan fingerprint density at radius 3 is 2.28 bits per heavy atom. The molecule has 8 heteroatoms. The summed E-state index contributed by atoms with van der Waals surface area (Å²) >= 11 is 0. The number of rotatable bonds is 6. The lowest BCUT2D eigenvalue weighted by atomic mass is 10.0. The first-order chi connectivity index (χ1) is 17.1. The van der Waals surface area contributed by atoms with Gasteiger partial charge in [0.15, 0.2) is 0 Å². The van der Waals surface area contributed by atoms with E-state index in [2.05, 4.69) is 24.1 Å². The number of amides is 1. The molecule has 0 unspecified atom stereocenters. The van der Waals surface area contributed by atoms with Crippen molar-refractivity contribution in [1.82, 2.24) is 4.31 Å². The maximum Gasteiger partial charge on any atom is 0.258 e. The highest BCUT2D eigenvalue weighted by molar-refractivity contribution is 7.89. The average Bonchev–Trinajstić information content (AvgIpc) is 2.85. The highest BCUT2D eigenvalue weighted by Crippen LogP contribution is 2.26. The second-order valence-electron chi connectivity index (χ2n) is 9.61. The highest BCUT2D eigenvalue weighted by atomic mass is 32.2. The van der Waals surface area contributed by atoms with Crippen LogP contribution in [0.25, 0.3) is 0 Å². The number of benzene rings is 3. The minimum absolute atomic E-state index is 0.0479. The molecule has 3 aromatic carbocycles. The monoisotopic (exact) mass is 509 g/mol. The molecule has 1 N–H and O–H groups in total. The van der Waals surface area contributed by atoms with Gasteiger partial charge in [0.25, 0.3) is 5.91 Å². The van der Waals surface area contributed by atoms with Crippen molar-refractivity contribution in [2.45, 2.75) is 44.6 Å². The second-order valence-corrected chi connectivity index (χ2v) is 11.6. The summed E-state index contributed by atoms with van der Waals surface area (Å²) in [6.07, 6.45) is 0. The molecule has 0 aliphatic carbocycles. The molecule has 0 radical (unpaired) electrons. The fourth-order valence-electron chi connectivity index (χ4n) is 4.40. The number of hydrogen-bond donors (Lipinski definition) is 1. The van der Waals surface area contributed by atoms with E-state index < -0.39 is 21.7 Å². The molecular formula is C28H32FN3O3S. The van der Waals surface area contributed by atoms with E-state index in [4.69, 9.17) is 0 Å². The van der Waals surface area contributed by atoms with Crippen LogP contribution in [-0.2, 0) is 10.0 Å². The Morgan fingerprint density at radius 2 is 1.67 bits per heavy atom. The van der Waals surface area contributed by atoms with Crippen LogP contribution in [0, 0.1) is 12.7 Å². The summed E-state index contributed by atoms with van der Waals surface area (Å²) in [5.41, 5.74) is 3.53. The van der Waals surface area contributed by atoms with Crippen molar-refractivity contribution in [2.24, 2.45) is 0 Å². The standard InChI is InChI=1S/C28H32FN3O3S/c1-19(2)22-7-9-23(10-8-22)30-28(33)26-17-25(13-14-27(26)29)36(34,35)31-15-16-32(21(4)18-31)24-11-5-20(3)6-12-24/h5-14,17,19,21H,15-16,18H2,1-4H3,(H,30,33)/t21-/m1/s1. The molecule has 1 saturated heterocycles. The smallest absolute Gasteiger partial charge is 0.258 e. The molecule has 0 aromatic heterocycles. The Kier molecular flexibility index (Phi) is 7.47. The van der Waals surface area contributed by atoms with Crippen LogP contribution in [0.15, 0.2) is 71.6 Å². The molecule has 1 fully saturated rings. The van der Waals surface area contributed by atoms with Crippen molar-refractivity contribution >= 4 is 27.3 Å². The number of carbonyl (C=O) groups excluding carboxylic acids is 1. The number of piperazine rings is 1. The molecule has 36 heavy (non-hydrogen) atoms. The number of nitrogens with zero attached hydrogens (tertiary/aromatic N) is 2. The minimum Gasteiger partial charge on any atom is -0.366 e. The van der Waals surface area contributed by atoms with E-state index in [9.17, 15) is 17.6 Å². The lowest BCUT2D eigenvalue weighted by Crippen LogP contribution is -2.53. The summed E-state index contributed by atoms with van der Waals surface area (Å²) in [6.45, 7) is 9.26. The summed E-state index contributed by atoms with van der Waals surface area (Å²) in [5.74, 6) is -1.13. The average molecular weight is 510 g/mol. The first-order valence-corrected chi connectivity index (χ1v) is 13.5. The second kappa shape index (κ2) is 10.4. The Morgan fingerprint density at radius 1 is 1.00 bits per heavy atom. The molecule has 4 rings (SSSR count). The zero-order valence-electron chi connectivity index (χ0n) is 21.0. The van der Waals surface area contributed by atoms with Gasteiger partial charge in [-0.15, -0.1) is 0 Å². The van der Waals surface area contributed by atoms with E-state index in [0.717, 1.165) is 28.9 Å². The molecule has 1 atom stereocenters. The van der Waals surface area contributed by atoms with Crippen molar-refractivity contribution < 1.29 is 17.6 Å². The van der Waals surface area contributed by atoms with Crippen molar-refractivity contribution in [2.75, 3.05) is 29.9 Å². The molecule has 0 saturated carbocycles. The molecule has 6 nitrogen and oxygen atoms in total. The van der Waals surface area contributed by atoms with Crippen molar-refractivity contribution in [3.8, 4) is 0 Å². The Hall–Kier alpha value is -3.23. The van der Waals surface area contributed by atoms with Gasteiger partial charge in [-0.25, -0.2) is 12.8 Å². The summed E-state index contributed by atoms with van der Waals surface area (Å²) in [7, 11) is -3.91. The molecule has 1 aliphatic heterocycles. The predicted octanol–water partition coefficient (Wildman–Crippen LogP) is 5.41. The Bertz CT molecular complexity index is 1340. The van der Waals surface area contributed by atoms with Crippen LogP contribution in [0.2, 0.25) is 0 Å². The number of nitrogens with one attached hydrogen (secondary N) is 1. The van der Waals surface area contributed by atoms with Crippen LogP contribution in [0.5, 0.6) is 0 Å². The van der Waals surface area contributed by atoms with Gasteiger partial charge in [0.1, 0.15) is 5.82 Å². The molecular weight excluding hydrogens is 477 g/mol. The number of aryl methyl sites for hydroxylation is 1. The molecule has 0 spiro atoms. The zero-order valence-corrected chi connectivity index (χ0v) is 21.8. The van der Waals surface area contributed by atoms with Crippen LogP contribution in [0.1, 0.15) is 48.2 Å². The molecule has 3 aromatic rings. The number of halogens is 1. The van der Waals surface area contributed by atoms with E-state index in [1.165, 1.54) is 10.4 Å². The zero-order chi connectivity index (χ0) is 26.0. The van der Waals surface area contributed by atoms with Gasteiger partial charge in [-0.05, 0) is 67.8 Å². The first-order valence-electron chi connectivity index (χ1n) is 12.1. The third kappa shape index (κ3) is 5.44. The number of sulfonamides is 1. The van der Waals surface area contributed by atoms with E-state index in [1.807, 2.05) is 50.2 Å². The lowest BCUT2D eigenvalue weighted by Gasteiger charge is -2.40. The maximum atomic E-state index is 14.6. The van der Waals surface area contributed by atoms with Gasteiger partial charge in [0.2, 0.25) is 10.0 Å². The Balaban J connectivity index is 1.51. The van der Waals surface area contributed by atoms with Gasteiger partial charge in [0.05, 0.1) is 10.5 Å². The van der Waals surface area contributed by atoms with Crippen LogP contribution in [-0.4, -0.2) is 44.3 Å². The summed E-state index contributed by atoms with van der Waals surface area (Å²) in [5, 5.41) is 2.66. The lowest BCUT2D eigenvalue weighted by molar-refractivity contribution is 0.102. The van der Waals surface area contributed by atoms with E-state index >= 15 is 0 Å². The number of hydrogen-bond acceptors (Lipinski definition) is 4. The molecule has 1 amide bonds. The maximum absolute atomic E-state index is 14.6. The number of carbonyl (C=O) groups is 1. The molecule has 190 valence electrons. The van der Waals surface area contributed by atoms with E-state index in [0.29, 0.717) is 24.7 Å². The predicted molar refractivity (Wildman–Crippen MR) is 142 cm³/mol. The molecule has 1 heterocycles. The molecule has 0 bridgehead atoms. The van der Waals surface area contributed by atoms with Crippen molar-refractivity contribution in [3.05, 3.63) is 89.2 Å². The summed E-state index contributed by atoms with van der Waals surface area (Å²) in [4.78, 5) is 14.9. The fourth-order valence-corrected chi connectivity index (χ4v) is 5.94. The highest BCUT2D eigenvalue weighted by Gasteiger charge is 2.33. The quantitative estimate of drug-likeness (QED) is 0.483. The third-order valence-electron chi connectivity index (χ3n) is 6.61. The minimum atomic E-state index is -3.91. The third-order valence-corrected chi connectivity index (χ3v) is 8.47. The van der Waals surface area contributed by atoms with Crippen molar-refractivity contribution in [3.63, 3.8) is 0 Å².